The second kappa shape index (κ2) is 8.33. The van der Waals surface area contributed by atoms with E-state index in [0.717, 1.165) is 0 Å². The molecule has 2 aliphatic heterocycles. The molecule has 0 aromatic carbocycles. The van der Waals surface area contributed by atoms with Gasteiger partial charge in [-0.25, -0.2) is 8.42 Å². The van der Waals surface area contributed by atoms with Crippen LogP contribution >= 0.6 is 0 Å². The van der Waals surface area contributed by atoms with Crippen LogP contribution in [0, 0.1) is 5.92 Å². The molecule has 0 aromatic rings. The molecule has 26 heavy (non-hydrogen) atoms. The van der Waals surface area contributed by atoms with Crippen molar-refractivity contribution >= 4 is 15.8 Å². The average molecular weight is 398 g/mol. The van der Waals surface area contributed by atoms with Crippen molar-refractivity contribution in [2.75, 3.05) is 44.2 Å². The molecule has 10 heteroatoms. The molecule has 0 bridgehead atoms. The fourth-order valence-corrected chi connectivity index (χ4v) is 5.10. The molecule has 2 fully saturated rings. The van der Waals surface area contributed by atoms with Gasteiger partial charge in [-0.15, -0.1) is 0 Å². The Balaban J connectivity index is 1.96. The van der Waals surface area contributed by atoms with E-state index in [4.69, 9.17) is 0 Å². The predicted octanol–water partition coefficient (Wildman–Crippen LogP) is 1.34. The number of nitrogens with one attached hydrogen (secondary N) is 1. The molecule has 0 radical (unpaired) electrons. The van der Waals surface area contributed by atoms with Crippen LogP contribution < -0.4 is 5.32 Å². The summed E-state index contributed by atoms with van der Waals surface area (Å²) in [4.78, 5) is 7.98. The quantitative estimate of drug-likeness (QED) is 0.572. The summed E-state index contributed by atoms with van der Waals surface area (Å²) in [5.41, 5.74) is 0. The van der Waals surface area contributed by atoms with Crippen molar-refractivity contribution < 1.29 is 21.6 Å². The van der Waals surface area contributed by atoms with Crippen molar-refractivity contribution in [3.05, 3.63) is 0 Å². The summed E-state index contributed by atoms with van der Waals surface area (Å²) >= 11 is 0. The lowest BCUT2D eigenvalue weighted by atomic mass is 10.1. The topological polar surface area (TPSA) is 65.0 Å². The van der Waals surface area contributed by atoms with E-state index in [2.05, 4.69) is 10.3 Å². The van der Waals surface area contributed by atoms with E-state index in [1.807, 2.05) is 18.7 Å². The molecule has 0 saturated carbocycles. The zero-order chi connectivity index (χ0) is 19.5. The molecule has 2 saturated heterocycles. The molecule has 0 aromatic heterocycles. The lowest BCUT2D eigenvalue weighted by Crippen LogP contribution is -2.57. The highest BCUT2D eigenvalue weighted by molar-refractivity contribution is 7.91. The maximum absolute atomic E-state index is 12.9. The number of hydrogen-bond donors (Lipinski definition) is 1. The lowest BCUT2D eigenvalue weighted by molar-refractivity contribution is -0.181. The number of hydrogen-bond acceptors (Lipinski definition) is 4. The van der Waals surface area contributed by atoms with Crippen molar-refractivity contribution in [2.45, 2.75) is 45.5 Å². The summed E-state index contributed by atoms with van der Waals surface area (Å²) in [7, 11) is -2.94. The first-order valence-electron chi connectivity index (χ1n) is 9.05. The van der Waals surface area contributed by atoms with Crippen molar-refractivity contribution in [3.8, 4) is 0 Å². The highest BCUT2D eigenvalue weighted by atomic mass is 32.2. The van der Waals surface area contributed by atoms with Gasteiger partial charge in [-0.1, -0.05) is 0 Å². The Morgan fingerprint density at radius 2 is 1.81 bits per heavy atom. The first-order valence-corrected chi connectivity index (χ1v) is 10.9. The maximum atomic E-state index is 12.9. The van der Waals surface area contributed by atoms with Crippen LogP contribution in [0.4, 0.5) is 13.2 Å². The Bertz CT molecular complexity index is 599. The molecule has 2 rings (SSSR count). The van der Waals surface area contributed by atoms with Gasteiger partial charge in [0.05, 0.1) is 11.5 Å². The summed E-state index contributed by atoms with van der Waals surface area (Å²) in [6, 6.07) is -1.32. The molecule has 0 spiro atoms. The first kappa shape index (κ1) is 21.3. The summed E-state index contributed by atoms with van der Waals surface area (Å²) in [6.45, 7) is 7.11. The first-order chi connectivity index (χ1) is 12.0. The highest BCUT2D eigenvalue weighted by Gasteiger charge is 2.41. The third-order valence-electron chi connectivity index (χ3n) is 4.88. The van der Waals surface area contributed by atoms with Gasteiger partial charge in [0, 0.05) is 38.8 Å². The summed E-state index contributed by atoms with van der Waals surface area (Å²) < 4.78 is 61.8. The van der Waals surface area contributed by atoms with E-state index in [-0.39, 0.29) is 23.5 Å². The second-order valence-corrected chi connectivity index (χ2v) is 9.70. The number of sulfone groups is 1. The molecular formula is C16H29F3N4O2S. The summed E-state index contributed by atoms with van der Waals surface area (Å²) in [5.74, 6) is 1.07. The standard InChI is InChI=1S/C16H29F3N4O2S/c1-12(2)21-15(20-10-14-4-9-26(24,25)11-14)23-7-5-22(6-8-23)13(3)16(17,18)19/h12-14H,4-11H2,1-3H3,(H,20,21). The van der Waals surface area contributed by atoms with Crippen molar-refractivity contribution in [1.29, 1.82) is 0 Å². The highest BCUT2D eigenvalue weighted by Crippen LogP contribution is 2.25. The molecule has 2 atom stereocenters. The minimum absolute atomic E-state index is 0.0236. The minimum Gasteiger partial charge on any atom is -0.354 e. The van der Waals surface area contributed by atoms with E-state index in [0.29, 0.717) is 45.1 Å². The fraction of sp³-hybridized carbons (Fsp3) is 0.938. The number of piperazine rings is 1. The Labute approximate surface area is 153 Å². The van der Waals surface area contributed by atoms with Gasteiger partial charge in [0.2, 0.25) is 0 Å². The molecule has 2 heterocycles. The maximum Gasteiger partial charge on any atom is 0.403 e. The number of halogens is 3. The van der Waals surface area contributed by atoms with Crippen LogP contribution in [0.2, 0.25) is 0 Å². The van der Waals surface area contributed by atoms with Gasteiger partial charge in [0.15, 0.2) is 15.8 Å². The van der Waals surface area contributed by atoms with Crippen LogP contribution in [0.25, 0.3) is 0 Å². The molecular weight excluding hydrogens is 369 g/mol. The van der Waals surface area contributed by atoms with Gasteiger partial charge in [0.1, 0.15) is 6.04 Å². The minimum atomic E-state index is -4.22. The Hall–Kier alpha value is -1.03. The lowest BCUT2D eigenvalue weighted by Gasteiger charge is -2.40. The van der Waals surface area contributed by atoms with E-state index in [9.17, 15) is 21.6 Å². The predicted molar refractivity (Wildman–Crippen MR) is 96.0 cm³/mol. The zero-order valence-electron chi connectivity index (χ0n) is 15.6. The number of rotatable bonds is 4. The third-order valence-corrected chi connectivity index (χ3v) is 6.72. The molecule has 1 N–H and O–H groups in total. The number of nitrogens with zero attached hydrogens (tertiary/aromatic N) is 3. The van der Waals surface area contributed by atoms with Crippen LogP contribution in [0.15, 0.2) is 4.99 Å². The van der Waals surface area contributed by atoms with Gasteiger partial charge < -0.3 is 10.2 Å². The summed E-state index contributed by atoms with van der Waals surface area (Å²) in [6.07, 6.45) is -3.60. The van der Waals surface area contributed by atoms with Crippen molar-refractivity contribution in [2.24, 2.45) is 10.9 Å². The zero-order valence-corrected chi connectivity index (χ0v) is 16.4. The van der Waals surface area contributed by atoms with Gasteiger partial charge in [-0.05, 0) is 33.1 Å². The Morgan fingerprint density at radius 1 is 1.19 bits per heavy atom. The fourth-order valence-electron chi connectivity index (χ4n) is 3.25. The van der Waals surface area contributed by atoms with Gasteiger partial charge in [-0.2, -0.15) is 13.2 Å². The normalized spacial score (nSPS) is 26.3. The van der Waals surface area contributed by atoms with E-state index >= 15 is 0 Å². The van der Waals surface area contributed by atoms with E-state index in [1.165, 1.54) is 11.8 Å². The molecule has 0 amide bonds. The number of alkyl halides is 3. The van der Waals surface area contributed by atoms with E-state index in [1.54, 1.807) is 0 Å². The largest absolute Gasteiger partial charge is 0.403 e. The monoisotopic (exact) mass is 398 g/mol. The third kappa shape index (κ3) is 6.00. The van der Waals surface area contributed by atoms with Crippen molar-refractivity contribution in [1.82, 2.24) is 15.1 Å². The van der Waals surface area contributed by atoms with Gasteiger partial charge in [-0.3, -0.25) is 9.89 Å². The molecule has 2 aliphatic rings. The number of aliphatic imine (C=N–C) groups is 1. The van der Waals surface area contributed by atoms with E-state index < -0.39 is 22.1 Å². The number of guanidine groups is 1. The van der Waals surface area contributed by atoms with Gasteiger partial charge in [0.25, 0.3) is 0 Å². The summed E-state index contributed by atoms with van der Waals surface area (Å²) in [5, 5.41) is 3.25. The van der Waals surface area contributed by atoms with Crippen LogP contribution in [0.3, 0.4) is 0 Å². The molecule has 2 unspecified atom stereocenters. The Morgan fingerprint density at radius 3 is 2.27 bits per heavy atom. The second-order valence-electron chi connectivity index (χ2n) is 7.47. The van der Waals surface area contributed by atoms with Crippen LogP contribution in [-0.4, -0.2) is 86.7 Å². The SMILES string of the molecule is CC(C)NC(=NCC1CCS(=O)(=O)C1)N1CCN(C(C)C(F)(F)F)CC1. The van der Waals surface area contributed by atoms with Crippen molar-refractivity contribution in [3.63, 3.8) is 0 Å². The molecule has 0 aliphatic carbocycles. The molecule has 152 valence electrons. The van der Waals surface area contributed by atoms with Crippen LogP contribution in [0.1, 0.15) is 27.2 Å². The van der Waals surface area contributed by atoms with Gasteiger partial charge >= 0.3 is 6.18 Å². The van der Waals surface area contributed by atoms with Crippen LogP contribution in [0.5, 0.6) is 0 Å². The molecule has 6 nitrogen and oxygen atoms in total. The smallest absolute Gasteiger partial charge is 0.354 e. The average Bonchev–Trinajstić information content (AvgIpc) is 2.89. The Kier molecular flexibility index (Phi) is 6.81. The van der Waals surface area contributed by atoms with Crippen LogP contribution in [-0.2, 0) is 9.84 Å².